The van der Waals surface area contributed by atoms with Crippen LogP contribution in [-0.2, 0) is 23.9 Å². The van der Waals surface area contributed by atoms with E-state index in [-0.39, 0.29) is 11.8 Å². The Morgan fingerprint density at radius 1 is 1.13 bits per heavy atom. The van der Waals surface area contributed by atoms with E-state index < -0.39 is 47.7 Å². The minimum Gasteiger partial charge on any atom is -0.459 e. The summed E-state index contributed by atoms with van der Waals surface area (Å²) in [6.45, 7) is 16.6. The SMILES string of the molecule is C=C[C@@H]1C[C@H](C(=O)OC(C)(C)C)N(CC(C)CNC(=O)CO)[C@H]1C(=O)OC(C)(C)C. The number of rotatable bonds is 8. The van der Waals surface area contributed by atoms with Gasteiger partial charge in [0.2, 0.25) is 5.91 Å². The lowest BCUT2D eigenvalue weighted by Crippen LogP contribution is -2.51. The van der Waals surface area contributed by atoms with Crippen LogP contribution in [0.15, 0.2) is 12.7 Å². The second-order valence-electron chi connectivity index (χ2n) is 9.93. The maximum absolute atomic E-state index is 13.0. The number of hydrogen-bond donors (Lipinski definition) is 2. The molecule has 1 amide bonds. The van der Waals surface area contributed by atoms with E-state index >= 15 is 0 Å². The van der Waals surface area contributed by atoms with Crippen molar-refractivity contribution in [2.24, 2.45) is 11.8 Å². The summed E-state index contributed by atoms with van der Waals surface area (Å²) in [5, 5.41) is 11.5. The molecular formula is C22H38N2O6. The number of aliphatic hydroxyl groups excluding tert-OH is 1. The molecule has 0 aromatic carbocycles. The molecule has 4 atom stereocenters. The number of ether oxygens (including phenoxy) is 2. The fourth-order valence-corrected chi connectivity index (χ4v) is 3.47. The van der Waals surface area contributed by atoms with Gasteiger partial charge in [-0.15, -0.1) is 6.58 Å². The zero-order chi connectivity index (χ0) is 23.3. The van der Waals surface area contributed by atoms with E-state index in [4.69, 9.17) is 14.6 Å². The molecule has 2 N–H and O–H groups in total. The molecule has 1 rings (SSSR count). The molecule has 1 fully saturated rings. The fraction of sp³-hybridized carbons (Fsp3) is 0.773. The minimum atomic E-state index is -0.671. The van der Waals surface area contributed by atoms with Gasteiger partial charge in [0.1, 0.15) is 29.9 Å². The summed E-state index contributed by atoms with van der Waals surface area (Å²) in [6.07, 6.45) is 2.09. The first-order valence-corrected chi connectivity index (χ1v) is 10.4. The van der Waals surface area contributed by atoms with Crippen molar-refractivity contribution in [2.45, 2.75) is 78.2 Å². The number of hydrogen-bond acceptors (Lipinski definition) is 7. The van der Waals surface area contributed by atoms with Crippen molar-refractivity contribution in [1.29, 1.82) is 0 Å². The average Bonchev–Trinajstić information content (AvgIpc) is 2.95. The van der Waals surface area contributed by atoms with Crippen LogP contribution in [0.4, 0.5) is 0 Å². The van der Waals surface area contributed by atoms with Gasteiger partial charge in [0, 0.05) is 19.0 Å². The summed E-state index contributed by atoms with van der Waals surface area (Å²) in [6, 6.07) is -1.30. The summed E-state index contributed by atoms with van der Waals surface area (Å²) in [4.78, 5) is 39.1. The highest BCUT2D eigenvalue weighted by atomic mass is 16.6. The van der Waals surface area contributed by atoms with Gasteiger partial charge in [-0.3, -0.25) is 19.3 Å². The molecule has 0 aromatic rings. The van der Waals surface area contributed by atoms with E-state index in [2.05, 4.69) is 11.9 Å². The number of nitrogens with zero attached hydrogens (tertiary/aromatic N) is 1. The lowest BCUT2D eigenvalue weighted by Gasteiger charge is -2.33. The van der Waals surface area contributed by atoms with Crippen LogP contribution in [0.3, 0.4) is 0 Å². The lowest BCUT2D eigenvalue weighted by atomic mass is 9.98. The van der Waals surface area contributed by atoms with Crippen LogP contribution in [-0.4, -0.2) is 70.8 Å². The van der Waals surface area contributed by atoms with Crippen LogP contribution in [0.2, 0.25) is 0 Å². The average molecular weight is 427 g/mol. The zero-order valence-electron chi connectivity index (χ0n) is 19.4. The van der Waals surface area contributed by atoms with Crippen molar-refractivity contribution >= 4 is 17.8 Å². The van der Waals surface area contributed by atoms with Gasteiger partial charge in [-0.2, -0.15) is 0 Å². The van der Waals surface area contributed by atoms with Gasteiger partial charge in [-0.1, -0.05) is 13.0 Å². The fourth-order valence-electron chi connectivity index (χ4n) is 3.47. The smallest absolute Gasteiger partial charge is 0.324 e. The number of carbonyl (C=O) groups is 3. The molecule has 0 spiro atoms. The maximum Gasteiger partial charge on any atom is 0.324 e. The number of nitrogens with one attached hydrogen (secondary N) is 1. The van der Waals surface area contributed by atoms with Crippen molar-refractivity contribution in [2.75, 3.05) is 19.7 Å². The molecule has 0 bridgehead atoms. The highest BCUT2D eigenvalue weighted by Gasteiger charge is 2.49. The number of likely N-dealkylation sites (tertiary alicyclic amines) is 1. The second-order valence-corrected chi connectivity index (χ2v) is 9.93. The Balaban J connectivity index is 3.14. The lowest BCUT2D eigenvalue weighted by molar-refractivity contribution is -0.166. The Morgan fingerprint density at radius 3 is 2.13 bits per heavy atom. The summed E-state index contributed by atoms with van der Waals surface area (Å²) in [7, 11) is 0. The first-order chi connectivity index (χ1) is 13.7. The van der Waals surface area contributed by atoms with E-state index in [0.29, 0.717) is 19.5 Å². The minimum absolute atomic E-state index is 0.0843. The Hall–Kier alpha value is -1.93. The van der Waals surface area contributed by atoms with Crippen LogP contribution in [0, 0.1) is 11.8 Å². The molecule has 1 unspecified atom stereocenters. The van der Waals surface area contributed by atoms with E-state index in [1.165, 1.54) is 0 Å². The molecule has 1 heterocycles. The van der Waals surface area contributed by atoms with E-state index in [0.717, 1.165) is 0 Å². The van der Waals surface area contributed by atoms with E-state index in [1.807, 2.05) is 11.8 Å². The van der Waals surface area contributed by atoms with Crippen LogP contribution in [0.25, 0.3) is 0 Å². The predicted octanol–water partition coefficient (Wildman–Crippen LogP) is 1.66. The quantitative estimate of drug-likeness (QED) is 0.449. The normalized spacial score (nSPS) is 23.5. The van der Waals surface area contributed by atoms with Crippen LogP contribution < -0.4 is 5.32 Å². The molecule has 0 aliphatic carbocycles. The molecular weight excluding hydrogens is 388 g/mol. The highest BCUT2D eigenvalue weighted by Crippen LogP contribution is 2.34. The summed E-state index contributed by atoms with van der Waals surface area (Å²) in [5.74, 6) is -1.63. The number of esters is 2. The van der Waals surface area contributed by atoms with Gasteiger partial charge in [0.25, 0.3) is 0 Å². The molecule has 0 radical (unpaired) electrons. The third-order valence-corrected chi connectivity index (χ3v) is 4.60. The van der Waals surface area contributed by atoms with Gasteiger partial charge in [-0.25, -0.2) is 0 Å². The standard InChI is InChI=1S/C22H38N2O6/c1-9-15-10-16(19(27)29-21(3,4)5)24(12-14(2)11-23-17(26)13-25)18(15)20(28)30-22(6,7)8/h9,14-16,18,25H,1,10-13H2,2-8H3,(H,23,26)/t14?,15-,16-,18-/m1/s1. The summed E-state index contributed by atoms with van der Waals surface area (Å²) >= 11 is 0. The number of carbonyl (C=O) groups excluding carboxylic acids is 3. The Kier molecular flexibility index (Phi) is 9.05. The van der Waals surface area contributed by atoms with Gasteiger partial charge in [0.05, 0.1) is 0 Å². The molecule has 1 aliphatic heterocycles. The van der Waals surface area contributed by atoms with Crippen molar-refractivity contribution in [1.82, 2.24) is 10.2 Å². The third kappa shape index (κ3) is 8.07. The van der Waals surface area contributed by atoms with Gasteiger partial charge >= 0.3 is 11.9 Å². The molecule has 1 saturated heterocycles. The van der Waals surface area contributed by atoms with Gasteiger partial charge < -0.3 is 19.9 Å². The molecule has 0 saturated carbocycles. The first-order valence-electron chi connectivity index (χ1n) is 10.4. The molecule has 0 aromatic heterocycles. The van der Waals surface area contributed by atoms with Crippen molar-refractivity contribution in [3.8, 4) is 0 Å². The Bertz CT molecular complexity index is 635. The third-order valence-electron chi connectivity index (χ3n) is 4.60. The first kappa shape index (κ1) is 26.1. The predicted molar refractivity (Wildman–Crippen MR) is 114 cm³/mol. The van der Waals surface area contributed by atoms with E-state index in [9.17, 15) is 14.4 Å². The molecule has 8 nitrogen and oxygen atoms in total. The van der Waals surface area contributed by atoms with Crippen LogP contribution in [0.1, 0.15) is 54.9 Å². The largest absolute Gasteiger partial charge is 0.459 e. The molecule has 8 heteroatoms. The second kappa shape index (κ2) is 10.4. The summed E-state index contributed by atoms with van der Waals surface area (Å²) in [5.41, 5.74) is -1.32. The topological polar surface area (TPSA) is 105 Å². The molecule has 1 aliphatic rings. The highest BCUT2D eigenvalue weighted by molar-refractivity contribution is 5.82. The number of amides is 1. The van der Waals surface area contributed by atoms with Crippen LogP contribution in [0.5, 0.6) is 0 Å². The summed E-state index contributed by atoms with van der Waals surface area (Å²) < 4.78 is 11.2. The van der Waals surface area contributed by atoms with Crippen molar-refractivity contribution < 1.29 is 29.0 Å². The van der Waals surface area contributed by atoms with Crippen molar-refractivity contribution in [3.63, 3.8) is 0 Å². The van der Waals surface area contributed by atoms with Gasteiger partial charge in [0.15, 0.2) is 0 Å². The zero-order valence-corrected chi connectivity index (χ0v) is 19.4. The Morgan fingerprint density at radius 2 is 1.67 bits per heavy atom. The van der Waals surface area contributed by atoms with Crippen molar-refractivity contribution in [3.05, 3.63) is 12.7 Å². The molecule has 30 heavy (non-hydrogen) atoms. The van der Waals surface area contributed by atoms with E-state index in [1.54, 1.807) is 47.6 Å². The van der Waals surface area contributed by atoms with Gasteiger partial charge in [-0.05, 0) is 53.9 Å². The number of aliphatic hydroxyl groups is 1. The monoisotopic (exact) mass is 426 g/mol. The molecule has 172 valence electrons. The van der Waals surface area contributed by atoms with Crippen LogP contribution >= 0.6 is 0 Å². The maximum atomic E-state index is 13.0. The Labute approximate surface area is 180 Å².